The largest absolute Gasteiger partial charge is 0.381 e. The number of carbonyl (C=O) groups excluding carboxylic acids is 1. The van der Waals surface area contributed by atoms with Gasteiger partial charge in [-0.05, 0) is 37.0 Å². The molecule has 0 bridgehead atoms. The molecule has 0 radical (unpaired) electrons. The lowest BCUT2D eigenvalue weighted by Crippen LogP contribution is -2.49. The van der Waals surface area contributed by atoms with Gasteiger partial charge >= 0.3 is 0 Å². The monoisotopic (exact) mass is 422 g/mol. The number of likely N-dealkylation sites (N-methyl/N-ethyl adjacent to an activating group) is 1. The number of hydrogen-bond donors (Lipinski definition) is 0. The lowest BCUT2D eigenvalue weighted by atomic mass is 9.73. The molecule has 31 heavy (non-hydrogen) atoms. The molecule has 1 aliphatic heterocycles. The zero-order chi connectivity index (χ0) is 21.7. The highest BCUT2D eigenvalue weighted by molar-refractivity contribution is 5.88. The number of benzene rings is 2. The zero-order valence-corrected chi connectivity index (χ0v) is 17.7. The number of nitrogens with zero attached hydrogens (tertiary/aromatic N) is 2. The third-order valence-corrected chi connectivity index (χ3v) is 6.02. The van der Waals surface area contributed by atoms with Gasteiger partial charge in [0, 0.05) is 44.9 Å². The summed E-state index contributed by atoms with van der Waals surface area (Å²) in [5.74, 6) is 0.493. The quantitative estimate of drug-likeness (QED) is 0.558. The van der Waals surface area contributed by atoms with Crippen LogP contribution >= 0.6 is 0 Å². The molecule has 6 heteroatoms. The Hall–Kier alpha value is -2.99. The molecule has 2 heterocycles. The maximum absolute atomic E-state index is 13.9. The summed E-state index contributed by atoms with van der Waals surface area (Å²) < 4.78 is 24.9. The third kappa shape index (κ3) is 4.69. The van der Waals surface area contributed by atoms with Crippen LogP contribution in [0.15, 0.2) is 65.2 Å². The molecule has 2 aromatic carbocycles. The molecule has 0 atom stereocenters. The number of hydrogen-bond acceptors (Lipinski definition) is 4. The number of halogens is 1. The summed E-state index contributed by atoms with van der Waals surface area (Å²) >= 11 is 0. The summed E-state index contributed by atoms with van der Waals surface area (Å²) in [5.41, 5.74) is 1.82. The Morgan fingerprint density at radius 3 is 2.61 bits per heavy atom. The SMILES string of the molecule is CN(CCCc1cc(-c2ccccc2)no1)C(=O)C1(c2cccc(F)c2)CCOCC1. The van der Waals surface area contributed by atoms with E-state index >= 15 is 0 Å². The minimum atomic E-state index is -0.734. The molecule has 0 saturated carbocycles. The van der Waals surface area contributed by atoms with Gasteiger partial charge in [0.05, 0.1) is 5.41 Å². The topological polar surface area (TPSA) is 55.6 Å². The van der Waals surface area contributed by atoms with Gasteiger partial charge < -0.3 is 14.2 Å². The third-order valence-electron chi connectivity index (χ3n) is 6.02. The Morgan fingerprint density at radius 2 is 1.87 bits per heavy atom. The van der Waals surface area contributed by atoms with E-state index in [1.807, 2.05) is 49.5 Å². The molecule has 162 valence electrons. The first-order valence-electron chi connectivity index (χ1n) is 10.7. The van der Waals surface area contributed by atoms with Crippen LogP contribution < -0.4 is 0 Å². The summed E-state index contributed by atoms with van der Waals surface area (Å²) in [4.78, 5) is 15.2. The van der Waals surface area contributed by atoms with Gasteiger partial charge in [-0.25, -0.2) is 4.39 Å². The fourth-order valence-electron chi connectivity index (χ4n) is 4.27. The summed E-state index contributed by atoms with van der Waals surface area (Å²) in [6.45, 7) is 1.57. The van der Waals surface area contributed by atoms with E-state index < -0.39 is 5.41 Å². The van der Waals surface area contributed by atoms with Crippen LogP contribution in [0.4, 0.5) is 4.39 Å². The van der Waals surface area contributed by atoms with Crippen LogP contribution in [0.5, 0.6) is 0 Å². The molecule has 1 saturated heterocycles. The predicted molar refractivity (Wildman–Crippen MR) is 116 cm³/mol. The molecule has 1 fully saturated rings. The van der Waals surface area contributed by atoms with Crippen LogP contribution in [0.2, 0.25) is 0 Å². The average molecular weight is 423 g/mol. The average Bonchev–Trinajstić information content (AvgIpc) is 3.28. The second kappa shape index (κ2) is 9.43. The minimum absolute atomic E-state index is 0.0175. The second-order valence-corrected chi connectivity index (χ2v) is 8.08. The predicted octanol–water partition coefficient (Wildman–Crippen LogP) is 4.62. The molecular formula is C25H27FN2O3. The number of aryl methyl sites for hydroxylation is 1. The van der Waals surface area contributed by atoms with Gasteiger partial charge in [-0.3, -0.25) is 4.79 Å². The molecule has 0 spiro atoms. The number of amides is 1. The molecule has 1 aliphatic rings. The zero-order valence-electron chi connectivity index (χ0n) is 17.7. The lowest BCUT2D eigenvalue weighted by molar-refractivity contribution is -0.140. The highest BCUT2D eigenvalue weighted by Gasteiger charge is 2.43. The summed E-state index contributed by atoms with van der Waals surface area (Å²) in [5, 5.41) is 4.15. The van der Waals surface area contributed by atoms with E-state index in [9.17, 15) is 9.18 Å². The van der Waals surface area contributed by atoms with Gasteiger partial charge in [0.25, 0.3) is 0 Å². The molecule has 0 N–H and O–H groups in total. The highest BCUT2D eigenvalue weighted by atomic mass is 19.1. The molecular weight excluding hydrogens is 395 g/mol. The highest BCUT2D eigenvalue weighted by Crippen LogP contribution is 2.37. The van der Waals surface area contributed by atoms with E-state index in [2.05, 4.69) is 5.16 Å². The van der Waals surface area contributed by atoms with Crippen molar-refractivity contribution in [1.82, 2.24) is 10.1 Å². The van der Waals surface area contributed by atoms with Crippen LogP contribution in [0, 0.1) is 5.82 Å². The van der Waals surface area contributed by atoms with E-state index in [0.717, 1.165) is 29.0 Å². The summed E-state index contributed by atoms with van der Waals surface area (Å²) in [6.07, 6.45) is 2.55. The van der Waals surface area contributed by atoms with Crippen LogP contribution in [0.1, 0.15) is 30.6 Å². The fraction of sp³-hybridized carbons (Fsp3) is 0.360. The van der Waals surface area contributed by atoms with Crippen molar-refractivity contribution in [2.24, 2.45) is 0 Å². The van der Waals surface area contributed by atoms with E-state index in [4.69, 9.17) is 9.26 Å². The van der Waals surface area contributed by atoms with Crippen molar-refractivity contribution in [2.45, 2.75) is 31.1 Å². The van der Waals surface area contributed by atoms with Gasteiger partial charge in [0.2, 0.25) is 5.91 Å². The van der Waals surface area contributed by atoms with E-state index in [-0.39, 0.29) is 11.7 Å². The van der Waals surface area contributed by atoms with E-state index in [1.165, 1.54) is 12.1 Å². The van der Waals surface area contributed by atoms with Crippen molar-refractivity contribution in [1.29, 1.82) is 0 Å². The molecule has 4 rings (SSSR count). The molecule has 1 amide bonds. The molecule has 0 unspecified atom stereocenters. The second-order valence-electron chi connectivity index (χ2n) is 8.08. The number of aromatic nitrogens is 1. The van der Waals surface area contributed by atoms with Crippen molar-refractivity contribution in [3.63, 3.8) is 0 Å². The summed E-state index contributed by atoms with van der Waals surface area (Å²) in [7, 11) is 1.81. The van der Waals surface area contributed by atoms with Crippen molar-refractivity contribution in [3.05, 3.63) is 77.8 Å². The van der Waals surface area contributed by atoms with Gasteiger partial charge in [0.15, 0.2) is 0 Å². The Bertz CT molecular complexity index is 1010. The Kier molecular flexibility index (Phi) is 6.47. The fourth-order valence-corrected chi connectivity index (χ4v) is 4.27. The van der Waals surface area contributed by atoms with Gasteiger partial charge in [-0.2, -0.15) is 0 Å². The first kappa shape index (κ1) is 21.2. The van der Waals surface area contributed by atoms with Crippen molar-refractivity contribution >= 4 is 5.91 Å². The standard InChI is InChI=1S/C25H27FN2O3/c1-28(14-6-11-22-18-23(27-31-22)19-7-3-2-4-8-19)24(29)25(12-15-30-16-13-25)20-9-5-10-21(26)17-20/h2-5,7-10,17-18H,6,11-16H2,1H3. The Balaban J connectivity index is 1.40. The van der Waals surface area contributed by atoms with Crippen molar-refractivity contribution in [3.8, 4) is 11.3 Å². The van der Waals surface area contributed by atoms with E-state index in [1.54, 1.807) is 11.0 Å². The molecule has 3 aromatic rings. The Morgan fingerprint density at radius 1 is 1.10 bits per heavy atom. The van der Waals surface area contributed by atoms with Crippen LogP contribution in [0.25, 0.3) is 11.3 Å². The number of ether oxygens (including phenoxy) is 1. The maximum Gasteiger partial charge on any atom is 0.233 e. The summed E-state index contributed by atoms with van der Waals surface area (Å²) in [6, 6.07) is 18.2. The smallest absolute Gasteiger partial charge is 0.233 e. The van der Waals surface area contributed by atoms with Gasteiger partial charge in [0.1, 0.15) is 17.3 Å². The molecule has 5 nitrogen and oxygen atoms in total. The first-order chi connectivity index (χ1) is 15.1. The number of rotatable bonds is 7. The van der Waals surface area contributed by atoms with E-state index in [0.29, 0.717) is 39.0 Å². The molecule has 1 aromatic heterocycles. The maximum atomic E-state index is 13.9. The minimum Gasteiger partial charge on any atom is -0.381 e. The first-order valence-corrected chi connectivity index (χ1v) is 10.7. The Labute approximate surface area is 181 Å². The van der Waals surface area contributed by atoms with Crippen LogP contribution in [0.3, 0.4) is 0 Å². The van der Waals surface area contributed by atoms with Crippen molar-refractivity contribution < 1.29 is 18.4 Å². The number of carbonyl (C=O) groups is 1. The normalized spacial score (nSPS) is 15.5. The van der Waals surface area contributed by atoms with Crippen LogP contribution in [-0.4, -0.2) is 42.8 Å². The van der Waals surface area contributed by atoms with Gasteiger partial charge in [-0.15, -0.1) is 0 Å². The van der Waals surface area contributed by atoms with Crippen LogP contribution in [-0.2, 0) is 21.4 Å². The van der Waals surface area contributed by atoms with Gasteiger partial charge in [-0.1, -0.05) is 47.6 Å². The lowest BCUT2D eigenvalue weighted by Gasteiger charge is -2.39. The molecule has 0 aliphatic carbocycles. The van der Waals surface area contributed by atoms with Crippen molar-refractivity contribution in [2.75, 3.05) is 26.8 Å².